The summed E-state index contributed by atoms with van der Waals surface area (Å²) in [5.41, 5.74) is 3.00. The molecule has 1 saturated heterocycles. The molecular weight excluding hydrogens is 410 g/mol. The fourth-order valence-corrected chi connectivity index (χ4v) is 4.32. The van der Waals surface area contributed by atoms with Gasteiger partial charge in [-0.1, -0.05) is 13.8 Å². The molecule has 2 aliphatic heterocycles. The van der Waals surface area contributed by atoms with Gasteiger partial charge in [0.2, 0.25) is 6.79 Å². The van der Waals surface area contributed by atoms with Crippen molar-refractivity contribution in [3.8, 4) is 28.5 Å². The third-order valence-corrected chi connectivity index (χ3v) is 5.96. The summed E-state index contributed by atoms with van der Waals surface area (Å²) in [5, 5.41) is 6.56. The lowest BCUT2D eigenvalue weighted by atomic mass is 10.1. The zero-order chi connectivity index (χ0) is 22.1. The Labute approximate surface area is 185 Å². The number of H-pyrrole nitrogens is 1. The zero-order valence-corrected chi connectivity index (χ0v) is 18.2. The lowest BCUT2D eigenvalue weighted by Gasteiger charge is -2.13. The number of aromatic nitrogens is 3. The Morgan fingerprint density at radius 2 is 2.19 bits per heavy atom. The van der Waals surface area contributed by atoms with E-state index in [0.717, 1.165) is 25.8 Å². The van der Waals surface area contributed by atoms with Crippen molar-refractivity contribution in [2.24, 2.45) is 0 Å². The maximum atomic E-state index is 13.0. The van der Waals surface area contributed by atoms with Crippen LogP contribution >= 0.6 is 0 Å². The molecule has 0 radical (unpaired) electrons. The number of nitrogens with one attached hydrogen (secondary N) is 3. The molecule has 0 aliphatic carbocycles. The average Bonchev–Trinajstić information content (AvgIpc) is 3.55. The third-order valence-electron chi connectivity index (χ3n) is 5.96. The van der Waals surface area contributed by atoms with E-state index in [9.17, 15) is 4.79 Å². The molecular formula is C23H27N5O4. The number of nitrogens with zero attached hydrogens (tertiary/aromatic N) is 2. The highest BCUT2D eigenvalue weighted by Gasteiger charge is 2.28. The van der Waals surface area contributed by atoms with Crippen LogP contribution in [-0.4, -0.2) is 52.9 Å². The fraction of sp³-hybridized carbons (Fsp3) is 0.435. The van der Waals surface area contributed by atoms with Gasteiger partial charge in [0.15, 0.2) is 11.5 Å². The first kappa shape index (κ1) is 20.6. The topological polar surface area (TPSA) is 110 Å². The van der Waals surface area contributed by atoms with Gasteiger partial charge >= 0.3 is 0 Å². The average molecular weight is 438 g/mol. The number of hydrogen-bond acceptors (Lipinski definition) is 7. The Bertz CT molecular complexity index is 1140. The summed E-state index contributed by atoms with van der Waals surface area (Å²) >= 11 is 0. The van der Waals surface area contributed by atoms with Gasteiger partial charge in [0.05, 0.1) is 23.3 Å². The molecule has 0 saturated carbocycles. The Hall–Kier alpha value is -3.33. The molecule has 4 heterocycles. The SMILES string of the molecule is CCCOc1ccc2c(c1-c1ncnc3c(C(=O)N[C@H]4CNC(CC)C4)c[nH]c13)OCO2. The largest absolute Gasteiger partial charge is 0.493 e. The molecule has 2 aliphatic rings. The number of amides is 1. The highest BCUT2D eigenvalue weighted by molar-refractivity contribution is 6.08. The minimum atomic E-state index is -0.148. The van der Waals surface area contributed by atoms with Crippen molar-refractivity contribution in [1.82, 2.24) is 25.6 Å². The normalized spacial score (nSPS) is 19.4. The summed E-state index contributed by atoms with van der Waals surface area (Å²) < 4.78 is 17.3. The van der Waals surface area contributed by atoms with Crippen LogP contribution in [0.25, 0.3) is 22.3 Å². The quantitative estimate of drug-likeness (QED) is 0.521. The second-order valence-corrected chi connectivity index (χ2v) is 8.09. The molecule has 9 heteroatoms. The van der Waals surface area contributed by atoms with Crippen molar-refractivity contribution in [3.05, 3.63) is 30.2 Å². The van der Waals surface area contributed by atoms with Gasteiger partial charge in [-0.15, -0.1) is 0 Å². The second kappa shape index (κ2) is 8.66. The molecule has 1 fully saturated rings. The second-order valence-electron chi connectivity index (χ2n) is 8.09. The van der Waals surface area contributed by atoms with Crippen LogP contribution in [0.1, 0.15) is 43.5 Å². The Balaban J connectivity index is 1.52. The van der Waals surface area contributed by atoms with Gasteiger partial charge in [0, 0.05) is 24.8 Å². The van der Waals surface area contributed by atoms with Gasteiger partial charge in [0.25, 0.3) is 5.91 Å². The van der Waals surface area contributed by atoms with Crippen LogP contribution in [0.2, 0.25) is 0 Å². The standard InChI is InChI=1S/C23H27N5O4/c1-3-7-30-16-5-6-17-22(32-12-31-17)18(16)20-21-19(26-11-27-20)15(10-25-21)23(29)28-14-8-13(4-2)24-9-14/h5-6,10-11,13-14,24-25H,3-4,7-9,12H2,1-2H3,(H,28,29)/t13?,14-/m1/s1. The molecule has 9 nitrogen and oxygen atoms in total. The van der Waals surface area contributed by atoms with Crippen molar-refractivity contribution in [2.45, 2.75) is 45.2 Å². The van der Waals surface area contributed by atoms with E-state index in [0.29, 0.717) is 57.8 Å². The molecule has 2 atom stereocenters. The summed E-state index contributed by atoms with van der Waals surface area (Å²) in [6, 6.07) is 4.25. The number of rotatable bonds is 7. The molecule has 168 valence electrons. The molecule has 0 spiro atoms. The number of carbonyl (C=O) groups excluding carboxylic acids is 1. The van der Waals surface area contributed by atoms with E-state index >= 15 is 0 Å². The number of carbonyl (C=O) groups is 1. The van der Waals surface area contributed by atoms with E-state index in [1.54, 1.807) is 6.20 Å². The van der Waals surface area contributed by atoms with E-state index in [4.69, 9.17) is 14.2 Å². The van der Waals surface area contributed by atoms with E-state index in [1.165, 1.54) is 6.33 Å². The predicted octanol–water partition coefficient (Wildman–Crippen LogP) is 3.01. The maximum Gasteiger partial charge on any atom is 0.255 e. The predicted molar refractivity (Wildman–Crippen MR) is 119 cm³/mol. The molecule has 3 aromatic rings. The molecule has 1 unspecified atom stereocenters. The van der Waals surface area contributed by atoms with E-state index in [1.807, 2.05) is 19.1 Å². The van der Waals surface area contributed by atoms with Crippen molar-refractivity contribution >= 4 is 16.9 Å². The Kier molecular flexibility index (Phi) is 5.57. The zero-order valence-electron chi connectivity index (χ0n) is 18.2. The van der Waals surface area contributed by atoms with Crippen LogP contribution in [0.4, 0.5) is 0 Å². The van der Waals surface area contributed by atoms with Gasteiger partial charge in [-0.2, -0.15) is 0 Å². The Morgan fingerprint density at radius 1 is 1.28 bits per heavy atom. The van der Waals surface area contributed by atoms with Crippen LogP contribution < -0.4 is 24.8 Å². The third kappa shape index (κ3) is 3.62. The van der Waals surface area contributed by atoms with Gasteiger partial charge < -0.3 is 29.8 Å². The van der Waals surface area contributed by atoms with Crippen molar-refractivity contribution in [3.63, 3.8) is 0 Å². The molecule has 1 amide bonds. The molecule has 0 bridgehead atoms. The monoisotopic (exact) mass is 437 g/mol. The number of aromatic amines is 1. The smallest absolute Gasteiger partial charge is 0.255 e. The van der Waals surface area contributed by atoms with E-state index in [2.05, 4.69) is 32.5 Å². The van der Waals surface area contributed by atoms with E-state index < -0.39 is 0 Å². The fourth-order valence-electron chi connectivity index (χ4n) is 4.32. The number of fused-ring (bicyclic) bond motifs is 2. The van der Waals surface area contributed by atoms with Crippen molar-refractivity contribution in [2.75, 3.05) is 19.9 Å². The van der Waals surface area contributed by atoms with Gasteiger partial charge in [-0.3, -0.25) is 4.79 Å². The van der Waals surface area contributed by atoms with Crippen LogP contribution in [0.3, 0.4) is 0 Å². The van der Waals surface area contributed by atoms with Gasteiger partial charge in [0.1, 0.15) is 23.3 Å². The first-order chi connectivity index (χ1) is 15.7. The molecule has 1 aromatic carbocycles. The molecule has 3 N–H and O–H groups in total. The van der Waals surface area contributed by atoms with Crippen LogP contribution in [-0.2, 0) is 0 Å². The van der Waals surface area contributed by atoms with Gasteiger partial charge in [-0.05, 0) is 31.4 Å². The summed E-state index contributed by atoms with van der Waals surface area (Å²) in [5.74, 6) is 1.73. The lowest BCUT2D eigenvalue weighted by molar-refractivity contribution is 0.0941. The number of ether oxygens (including phenoxy) is 3. The van der Waals surface area contributed by atoms with Crippen molar-refractivity contribution < 1.29 is 19.0 Å². The highest BCUT2D eigenvalue weighted by Crippen LogP contribution is 2.47. The Morgan fingerprint density at radius 3 is 3.00 bits per heavy atom. The minimum Gasteiger partial charge on any atom is -0.493 e. The number of hydrogen-bond donors (Lipinski definition) is 3. The lowest BCUT2D eigenvalue weighted by Crippen LogP contribution is -2.36. The van der Waals surface area contributed by atoms with Crippen molar-refractivity contribution in [1.29, 1.82) is 0 Å². The minimum absolute atomic E-state index is 0.107. The van der Waals surface area contributed by atoms with Crippen LogP contribution in [0.15, 0.2) is 24.7 Å². The molecule has 2 aromatic heterocycles. The summed E-state index contributed by atoms with van der Waals surface area (Å²) in [6.07, 6.45) is 5.99. The van der Waals surface area contributed by atoms with Gasteiger partial charge in [-0.25, -0.2) is 9.97 Å². The summed E-state index contributed by atoms with van der Waals surface area (Å²) in [6.45, 7) is 5.67. The van der Waals surface area contributed by atoms with Crippen LogP contribution in [0, 0.1) is 0 Å². The number of benzene rings is 1. The van der Waals surface area contributed by atoms with Crippen LogP contribution in [0.5, 0.6) is 17.2 Å². The molecule has 32 heavy (non-hydrogen) atoms. The first-order valence-corrected chi connectivity index (χ1v) is 11.1. The first-order valence-electron chi connectivity index (χ1n) is 11.1. The highest BCUT2D eigenvalue weighted by atomic mass is 16.7. The summed E-state index contributed by atoms with van der Waals surface area (Å²) in [4.78, 5) is 25.2. The maximum absolute atomic E-state index is 13.0. The molecule has 5 rings (SSSR count). The van der Waals surface area contributed by atoms with E-state index in [-0.39, 0.29) is 18.7 Å². The summed E-state index contributed by atoms with van der Waals surface area (Å²) in [7, 11) is 0.